The zero-order valence-electron chi connectivity index (χ0n) is 18.3. The summed E-state index contributed by atoms with van der Waals surface area (Å²) in [6, 6.07) is 16.4. The maximum Gasteiger partial charge on any atom is 0.170 e. The number of benzene rings is 1. The van der Waals surface area contributed by atoms with E-state index in [0.29, 0.717) is 13.2 Å². The number of nitrogens with one attached hydrogen (secondary N) is 1. The number of methoxy groups -OCH3 is 2. The van der Waals surface area contributed by atoms with Gasteiger partial charge in [0.15, 0.2) is 5.11 Å². The fourth-order valence-corrected chi connectivity index (χ4v) is 4.74. The van der Waals surface area contributed by atoms with Crippen molar-refractivity contribution >= 4 is 17.3 Å². The molecule has 0 unspecified atom stereocenters. The molecule has 0 radical (unpaired) electrons. The van der Waals surface area contributed by atoms with Crippen molar-refractivity contribution < 1.29 is 9.47 Å². The first-order chi connectivity index (χ1) is 15.0. The summed E-state index contributed by atoms with van der Waals surface area (Å²) < 4.78 is 13.1. The average Bonchev–Trinajstić information content (AvgIpc) is 3.27. The Morgan fingerprint density at radius 3 is 2.65 bits per heavy atom. The van der Waals surface area contributed by atoms with E-state index >= 15 is 0 Å². The fourth-order valence-electron chi connectivity index (χ4n) is 4.41. The molecule has 0 saturated carbocycles. The lowest BCUT2D eigenvalue weighted by Crippen LogP contribution is -2.32. The summed E-state index contributed by atoms with van der Waals surface area (Å²) in [6.07, 6.45) is 1.83. The average molecular weight is 437 g/mol. The molecule has 7 heteroatoms. The standard InChI is InChI=1S/C24H28N4O2S/c1-16-14-20(17(2)28(16)18-8-7-9-19(15-18)30-4)23-22(21-10-5-6-11-25-21)26-24(31)27(23)12-13-29-3/h5-11,14-15,22-23H,12-13H2,1-4H3,(H,26,31)/t22-,23-/m0/s1. The van der Waals surface area contributed by atoms with Crippen molar-refractivity contribution in [1.82, 2.24) is 19.8 Å². The zero-order valence-corrected chi connectivity index (χ0v) is 19.1. The van der Waals surface area contributed by atoms with E-state index in [4.69, 9.17) is 21.7 Å². The SMILES string of the molecule is COCCN1C(=S)N[C@@H](c2ccccn2)[C@@H]1c1cc(C)n(-c2cccc(OC)c2)c1C. The van der Waals surface area contributed by atoms with Crippen LogP contribution in [0.4, 0.5) is 0 Å². The smallest absolute Gasteiger partial charge is 0.170 e. The minimum absolute atomic E-state index is 0.0168. The number of aryl methyl sites for hydroxylation is 1. The van der Waals surface area contributed by atoms with Crippen molar-refractivity contribution in [3.05, 3.63) is 77.4 Å². The van der Waals surface area contributed by atoms with Crippen molar-refractivity contribution in [2.24, 2.45) is 0 Å². The molecule has 1 saturated heterocycles. The van der Waals surface area contributed by atoms with Crippen LogP contribution in [-0.4, -0.2) is 46.9 Å². The number of hydrogen-bond donors (Lipinski definition) is 1. The van der Waals surface area contributed by atoms with E-state index in [9.17, 15) is 0 Å². The van der Waals surface area contributed by atoms with Gasteiger partial charge in [0.05, 0.1) is 31.5 Å². The predicted molar refractivity (Wildman–Crippen MR) is 126 cm³/mol. The van der Waals surface area contributed by atoms with Gasteiger partial charge < -0.3 is 24.3 Å². The Kier molecular flexibility index (Phi) is 6.25. The number of thiocarbonyl (C=S) groups is 1. The Morgan fingerprint density at radius 2 is 1.94 bits per heavy atom. The molecular formula is C24H28N4O2S. The Labute approximate surface area is 188 Å². The van der Waals surface area contributed by atoms with Gasteiger partial charge in [-0.05, 0) is 62.0 Å². The monoisotopic (exact) mass is 436 g/mol. The van der Waals surface area contributed by atoms with Gasteiger partial charge in [-0.1, -0.05) is 12.1 Å². The van der Waals surface area contributed by atoms with Crippen molar-refractivity contribution in [3.8, 4) is 11.4 Å². The van der Waals surface area contributed by atoms with E-state index in [2.05, 4.69) is 51.8 Å². The number of ether oxygens (including phenoxy) is 2. The lowest BCUT2D eigenvalue weighted by atomic mass is 9.97. The maximum atomic E-state index is 5.73. The van der Waals surface area contributed by atoms with E-state index in [0.717, 1.165) is 27.9 Å². The third-order valence-corrected chi connectivity index (χ3v) is 6.19. The third kappa shape index (κ3) is 4.03. The van der Waals surface area contributed by atoms with E-state index in [-0.39, 0.29) is 12.1 Å². The Balaban J connectivity index is 1.81. The van der Waals surface area contributed by atoms with Crippen LogP contribution in [0.25, 0.3) is 5.69 Å². The summed E-state index contributed by atoms with van der Waals surface area (Å²) in [5.74, 6) is 0.836. The van der Waals surface area contributed by atoms with E-state index < -0.39 is 0 Å². The van der Waals surface area contributed by atoms with Crippen LogP contribution in [0.2, 0.25) is 0 Å². The van der Waals surface area contributed by atoms with Crippen molar-refractivity contribution in [2.45, 2.75) is 25.9 Å². The van der Waals surface area contributed by atoms with E-state index in [1.54, 1.807) is 14.2 Å². The summed E-state index contributed by atoms with van der Waals surface area (Å²) in [6.45, 7) is 5.60. The molecule has 6 nitrogen and oxygen atoms in total. The molecule has 4 rings (SSSR count). The quantitative estimate of drug-likeness (QED) is 0.563. The molecular weight excluding hydrogens is 408 g/mol. The molecule has 31 heavy (non-hydrogen) atoms. The molecule has 3 heterocycles. The van der Waals surface area contributed by atoms with Crippen LogP contribution in [0.15, 0.2) is 54.7 Å². The number of nitrogens with zero attached hydrogens (tertiary/aromatic N) is 3. The zero-order chi connectivity index (χ0) is 22.0. The molecule has 2 atom stereocenters. The number of aromatic nitrogens is 2. The highest BCUT2D eigenvalue weighted by Crippen LogP contribution is 2.41. The Morgan fingerprint density at radius 1 is 1.10 bits per heavy atom. The number of hydrogen-bond acceptors (Lipinski definition) is 4. The van der Waals surface area contributed by atoms with Gasteiger partial charge in [-0.2, -0.15) is 0 Å². The molecule has 0 amide bonds. The van der Waals surface area contributed by atoms with Gasteiger partial charge in [0.25, 0.3) is 0 Å². The van der Waals surface area contributed by atoms with Crippen LogP contribution in [0.3, 0.4) is 0 Å². The minimum atomic E-state index is -0.0372. The molecule has 1 aromatic carbocycles. The summed E-state index contributed by atoms with van der Waals surface area (Å²) >= 11 is 5.73. The second kappa shape index (κ2) is 9.08. The molecule has 0 aliphatic carbocycles. The van der Waals surface area contributed by atoms with E-state index in [1.807, 2.05) is 36.5 Å². The van der Waals surface area contributed by atoms with Gasteiger partial charge in [0.2, 0.25) is 0 Å². The molecule has 0 bridgehead atoms. The third-order valence-electron chi connectivity index (χ3n) is 5.83. The van der Waals surface area contributed by atoms with Gasteiger partial charge in [-0.25, -0.2) is 0 Å². The van der Waals surface area contributed by atoms with Gasteiger partial charge in [0, 0.05) is 43.0 Å². The largest absolute Gasteiger partial charge is 0.497 e. The molecule has 1 fully saturated rings. The van der Waals surface area contributed by atoms with Crippen LogP contribution >= 0.6 is 12.2 Å². The minimum Gasteiger partial charge on any atom is -0.497 e. The first kappa shape index (κ1) is 21.3. The van der Waals surface area contributed by atoms with Gasteiger partial charge in [-0.3, -0.25) is 4.98 Å². The fraction of sp³-hybridized carbons (Fsp3) is 0.333. The summed E-state index contributed by atoms with van der Waals surface area (Å²) in [5.41, 5.74) is 5.60. The van der Waals surface area contributed by atoms with Crippen LogP contribution in [0.1, 0.15) is 34.7 Å². The van der Waals surface area contributed by atoms with Gasteiger partial charge in [0.1, 0.15) is 5.75 Å². The maximum absolute atomic E-state index is 5.73. The first-order valence-corrected chi connectivity index (χ1v) is 10.8. The highest BCUT2D eigenvalue weighted by atomic mass is 32.1. The van der Waals surface area contributed by atoms with Crippen LogP contribution in [0.5, 0.6) is 5.75 Å². The van der Waals surface area contributed by atoms with Crippen molar-refractivity contribution in [2.75, 3.05) is 27.4 Å². The first-order valence-electron chi connectivity index (χ1n) is 10.4. The Bertz CT molecular complexity index is 1070. The lowest BCUT2D eigenvalue weighted by molar-refractivity contribution is 0.164. The lowest BCUT2D eigenvalue weighted by Gasteiger charge is -2.28. The van der Waals surface area contributed by atoms with Crippen LogP contribution in [0, 0.1) is 13.8 Å². The van der Waals surface area contributed by atoms with Crippen LogP contribution < -0.4 is 10.1 Å². The predicted octanol–water partition coefficient (Wildman–Crippen LogP) is 4.12. The van der Waals surface area contributed by atoms with Crippen molar-refractivity contribution in [3.63, 3.8) is 0 Å². The molecule has 2 aromatic heterocycles. The van der Waals surface area contributed by atoms with E-state index in [1.165, 1.54) is 11.3 Å². The van der Waals surface area contributed by atoms with Crippen LogP contribution in [-0.2, 0) is 4.74 Å². The molecule has 0 spiro atoms. The van der Waals surface area contributed by atoms with Crippen molar-refractivity contribution in [1.29, 1.82) is 0 Å². The highest BCUT2D eigenvalue weighted by molar-refractivity contribution is 7.80. The molecule has 1 aliphatic heterocycles. The molecule has 162 valence electrons. The molecule has 1 aliphatic rings. The second-order valence-electron chi connectivity index (χ2n) is 7.68. The number of pyridine rings is 1. The molecule has 1 N–H and O–H groups in total. The van der Waals surface area contributed by atoms with Gasteiger partial charge in [-0.15, -0.1) is 0 Å². The summed E-state index contributed by atoms with van der Waals surface area (Å²) in [4.78, 5) is 6.84. The summed E-state index contributed by atoms with van der Waals surface area (Å²) in [7, 11) is 3.41. The topological polar surface area (TPSA) is 51.5 Å². The Hall–Kier alpha value is -2.90. The van der Waals surface area contributed by atoms with Gasteiger partial charge >= 0.3 is 0 Å². The number of rotatable bonds is 7. The normalized spacial score (nSPS) is 18.3. The highest BCUT2D eigenvalue weighted by Gasteiger charge is 2.41. The molecule has 3 aromatic rings. The summed E-state index contributed by atoms with van der Waals surface area (Å²) in [5, 5.41) is 4.23. The second-order valence-corrected chi connectivity index (χ2v) is 8.06.